The summed E-state index contributed by atoms with van der Waals surface area (Å²) in [4.78, 5) is 20.2. The first kappa shape index (κ1) is 15.9. The van der Waals surface area contributed by atoms with Gasteiger partial charge in [-0.3, -0.25) is 4.79 Å². The molecule has 2 heterocycles. The van der Waals surface area contributed by atoms with E-state index in [9.17, 15) is 4.79 Å². The van der Waals surface area contributed by atoms with Gasteiger partial charge < -0.3 is 5.32 Å². The Balaban J connectivity index is 1.64. The Morgan fingerprint density at radius 2 is 2.08 bits per heavy atom. The lowest BCUT2D eigenvalue weighted by molar-refractivity contribution is -0.116. The van der Waals surface area contributed by atoms with E-state index < -0.39 is 0 Å². The van der Waals surface area contributed by atoms with E-state index in [-0.39, 0.29) is 5.91 Å². The summed E-state index contributed by atoms with van der Waals surface area (Å²) < 4.78 is 1.56. The van der Waals surface area contributed by atoms with Crippen LogP contribution in [0, 0.1) is 0 Å². The van der Waals surface area contributed by atoms with Crippen molar-refractivity contribution in [3.8, 4) is 5.82 Å². The van der Waals surface area contributed by atoms with Crippen LogP contribution in [0.4, 0.5) is 0 Å². The highest BCUT2D eigenvalue weighted by atomic mass is 35.5. The van der Waals surface area contributed by atoms with Crippen molar-refractivity contribution in [2.45, 2.75) is 6.54 Å². The van der Waals surface area contributed by atoms with Gasteiger partial charge in [0.2, 0.25) is 5.91 Å². The Hall–Kier alpha value is -2.99. The number of halogens is 1. The number of nitrogens with zero attached hydrogens (tertiary/aromatic N) is 4. The van der Waals surface area contributed by atoms with E-state index >= 15 is 0 Å². The number of hydrogen-bond donors (Lipinski definition) is 1. The molecule has 0 aliphatic carbocycles. The lowest BCUT2D eigenvalue weighted by Gasteiger charge is -2.08. The largest absolute Gasteiger partial charge is 0.348 e. The number of pyridine rings is 1. The van der Waals surface area contributed by atoms with Crippen LogP contribution in [0.1, 0.15) is 11.1 Å². The highest BCUT2D eigenvalue weighted by molar-refractivity contribution is 6.30. The van der Waals surface area contributed by atoms with Gasteiger partial charge in [-0.05, 0) is 29.8 Å². The van der Waals surface area contributed by atoms with Gasteiger partial charge in [0, 0.05) is 29.4 Å². The zero-order valence-electron chi connectivity index (χ0n) is 12.6. The van der Waals surface area contributed by atoms with Gasteiger partial charge in [0.05, 0.1) is 0 Å². The van der Waals surface area contributed by atoms with Crippen LogP contribution in [0.2, 0.25) is 5.02 Å². The molecule has 7 heteroatoms. The molecule has 3 rings (SSSR count). The van der Waals surface area contributed by atoms with Crippen molar-refractivity contribution in [3.63, 3.8) is 0 Å². The van der Waals surface area contributed by atoms with Gasteiger partial charge >= 0.3 is 0 Å². The summed E-state index contributed by atoms with van der Waals surface area (Å²) in [5.74, 6) is 0.440. The molecule has 0 fully saturated rings. The minimum atomic E-state index is -0.196. The number of nitrogens with one attached hydrogen (secondary N) is 1. The van der Waals surface area contributed by atoms with Crippen molar-refractivity contribution in [2.24, 2.45) is 0 Å². The second-order valence-electron chi connectivity index (χ2n) is 4.93. The van der Waals surface area contributed by atoms with Crippen molar-refractivity contribution < 1.29 is 4.79 Å². The summed E-state index contributed by atoms with van der Waals surface area (Å²) in [5.41, 5.74) is 1.75. The summed E-state index contributed by atoms with van der Waals surface area (Å²) in [6.45, 7) is 0.340. The van der Waals surface area contributed by atoms with Gasteiger partial charge in [-0.25, -0.2) is 14.6 Å². The molecule has 0 radical (unpaired) electrons. The molecule has 0 unspecified atom stereocenters. The lowest BCUT2D eigenvalue weighted by Crippen LogP contribution is -2.21. The molecule has 0 bridgehead atoms. The van der Waals surface area contributed by atoms with Crippen molar-refractivity contribution >= 4 is 23.6 Å². The van der Waals surface area contributed by atoms with Crippen molar-refractivity contribution in [3.05, 3.63) is 77.5 Å². The second kappa shape index (κ2) is 7.52. The highest BCUT2D eigenvalue weighted by Gasteiger charge is 2.07. The van der Waals surface area contributed by atoms with Gasteiger partial charge in [0.15, 0.2) is 5.82 Å². The van der Waals surface area contributed by atoms with Crippen LogP contribution >= 0.6 is 11.6 Å². The van der Waals surface area contributed by atoms with Gasteiger partial charge in [0.25, 0.3) is 0 Å². The molecule has 0 aliphatic rings. The van der Waals surface area contributed by atoms with Crippen molar-refractivity contribution in [1.82, 2.24) is 25.1 Å². The normalized spacial score (nSPS) is 10.9. The standard InChI is InChI=1S/C17H14ClN5O/c18-15-6-3-13(4-7-15)5-8-16(24)21-10-14-2-1-9-20-17(14)23-12-19-11-22-23/h1-9,11-12H,10H2,(H,21,24)/b8-5+. The molecular formula is C17H14ClN5O. The molecule has 1 N–H and O–H groups in total. The van der Waals surface area contributed by atoms with Gasteiger partial charge in [-0.2, -0.15) is 5.10 Å². The third-order valence-corrected chi connectivity index (χ3v) is 3.51. The SMILES string of the molecule is O=C(/C=C/c1ccc(Cl)cc1)NCc1cccnc1-n1cncn1. The Labute approximate surface area is 143 Å². The highest BCUT2D eigenvalue weighted by Crippen LogP contribution is 2.11. The fourth-order valence-electron chi connectivity index (χ4n) is 2.08. The summed E-state index contributed by atoms with van der Waals surface area (Å²) in [5, 5.41) is 7.55. The fraction of sp³-hybridized carbons (Fsp3) is 0.0588. The number of aromatic nitrogens is 4. The average Bonchev–Trinajstić information content (AvgIpc) is 3.14. The van der Waals surface area contributed by atoms with Crippen molar-refractivity contribution in [2.75, 3.05) is 0 Å². The maximum absolute atomic E-state index is 12.0. The van der Waals surface area contributed by atoms with Crippen LogP contribution in [-0.2, 0) is 11.3 Å². The molecule has 0 spiro atoms. The molecular weight excluding hydrogens is 326 g/mol. The molecule has 3 aromatic rings. The molecule has 0 atom stereocenters. The summed E-state index contributed by atoms with van der Waals surface area (Å²) in [6, 6.07) is 10.9. The monoisotopic (exact) mass is 339 g/mol. The third kappa shape index (κ3) is 4.05. The van der Waals surface area contributed by atoms with Crippen molar-refractivity contribution in [1.29, 1.82) is 0 Å². The van der Waals surface area contributed by atoms with Crippen LogP contribution in [0.5, 0.6) is 0 Å². The quantitative estimate of drug-likeness (QED) is 0.725. The predicted molar refractivity (Wildman–Crippen MR) is 91.5 cm³/mol. The summed E-state index contributed by atoms with van der Waals surface area (Å²) in [7, 11) is 0. The van der Waals surface area contributed by atoms with E-state index in [1.807, 2.05) is 24.3 Å². The molecule has 0 aliphatic heterocycles. The Morgan fingerprint density at radius 3 is 2.83 bits per heavy atom. The van der Waals surface area contributed by atoms with E-state index in [0.29, 0.717) is 17.4 Å². The number of benzene rings is 1. The molecule has 0 saturated carbocycles. The smallest absolute Gasteiger partial charge is 0.244 e. The first-order valence-electron chi connectivity index (χ1n) is 7.23. The second-order valence-corrected chi connectivity index (χ2v) is 5.37. The van der Waals surface area contributed by atoms with E-state index in [2.05, 4.69) is 20.4 Å². The van der Waals surface area contributed by atoms with E-state index in [4.69, 9.17) is 11.6 Å². The van der Waals surface area contributed by atoms with E-state index in [0.717, 1.165) is 11.1 Å². The van der Waals surface area contributed by atoms with Crippen LogP contribution in [0.25, 0.3) is 11.9 Å². The fourth-order valence-corrected chi connectivity index (χ4v) is 2.21. The zero-order chi connectivity index (χ0) is 16.8. The van der Waals surface area contributed by atoms with Crippen LogP contribution in [-0.4, -0.2) is 25.7 Å². The Bertz CT molecular complexity index is 844. The summed E-state index contributed by atoms with van der Waals surface area (Å²) >= 11 is 5.83. The maximum atomic E-state index is 12.0. The van der Waals surface area contributed by atoms with Gasteiger partial charge in [0.1, 0.15) is 12.7 Å². The third-order valence-electron chi connectivity index (χ3n) is 3.25. The molecule has 6 nitrogen and oxygen atoms in total. The minimum Gasteiger partial charge on any atom is -0.348 e. The van der Waals surface area contributed by atoms with E-state index in [1.54, 1.807) is 35.4 Å². The number of hydrogen-bond acceptors (Lipinski definition) is 4. The molecule has 120 valence electrons. The predicted octanol–water partition coefficient (Wildman–Crippen LogP) is 2.65. The number of carbonyl (C=O) groups is 1. The Morgan fingerprint density at radius 1 is 1.25 bits per heavy atom. The zero-order valence-corrected chi connectivity index (χ0v) is 13.4. The van der Waals surface area contributed by atoms with E-state index in [1.165, 1.54) is 12.4 Å². The molecule has 1 aromatic carbocycles. The average molecular weight is 340 g/mol. The Kier molecular flexibility index (Phi) is 4.98. The number of carbonyl (C=O) groups excluding carboxylic acids is 1. The van der Waals surface area contributed by atoms with Crippen LogP contribution < -0.4 is 5.32 Å². The topological polar surface area (TPSA) is 72.7 Å². The number of rotatable bonds is 5. The van der Waals surface area contributed by atoms with Gasteiger partial charge in [-0.15, -0.1) is 0 Å². The lowest BCUT2D eigenvalue weighted by atomic mass is 10.2. The first-order chi connectivity index (χ1) is 11.7. The number of amides is 1. The summed E-state index contributed by atoms with van der Waals surface area (Å²) in [6.07, 6.45) is 7.88. The molecule has 2 aromatic heterocycles. The minimum absolute atomic E-state index is 0.196. The maximum Gasteiger partial charge on any atom is 0.244 e. The van der Waals surface area contributed by atoms with Crippen LogP contribution in [0.15, 0.2) is 61.3 Å². The van der Waals surface area contributed by atoms with Crippen LogP contribution in [0.3, 0.4) is 0 Å². The first-order valence-corrected chi connectivity index (χ1v) is 7.60. The molecule has 1 amide bonds. The molecule has 24 heavy (non-hydrogen) atoms. The van der Waals surface area contributed by atoms with Gasteiger partial charge in [-0.1, -0.05) is 29.8 Å². The molecule has 0 saturated heterocycles.